The van der Waals surface area contributed by atoms with Crippen LogP contribution >= 0.6 is 0 Å². The van der Waals surface area contributed by atoms with E-state index in [9.17, 15) is 0 Å². The molecule has 9 rings (SSSR count). The third-order valence-corrected chi connectivity index (χ3v) is 9.42. The van der Waals surface area contributed by atoms with Gasteiger partial charge in [-0.25, -0.2) is 0 Å². The van der Waals surface area contributed by atoms with Gasteiger partial charge in [-0.3, -0.25) is 0 Å². The van der Waals surface area contributed by atoms with E-state index in [0.29, 0.717) is 0 Å². The van der Waals surface area contributed by atoms with Gasteiger partial charge in [-0.05, 0) is 90.6 Å². The maximum atomic E-state index is 2.44. The molecule has 1 nitrogen and oxygen atoms in total. The molecule has 0 aliphatic heterocycles. The van der Waals surface area contributed by atoms with Crippen molar-refractivity contribution in [3.05, 3.63) is 188 Å². The average Bonchev–Trinajstić information content (AvgIpc) is 3.15. The van der Waals surface area contributed by atoms with Crippen LogP contribution in [-0.2, 0) is 0 Å². The number of rotatable bonds is 5. The third-order valence-electron chi connectivity index (χ3n) is 9.42. The van der Waals surface area contributed by atoms with E-state index in [0.717, 1.165) is 17.1 Å². The second-order valence-corrected chi connectivity index (χ2v) is 12.1. The highest BCUT2D eigenvalue weighted by molar-refractivity contribution is 6.17. The van der Waals surface area contributed by atoms with Crippen molar-refractivity contribution in [2.75, 3.05) is 4.90 Å². The van der Waals surface area contributed by atoms with Crippen molar-refractivity contribution in [1.29, 1.82) is 0 Å². The highest BCUT2D eigenvalue weighted by Crippen LogP contribution is 2.48. The van der Waals surface area contributed by atoms with Crippen LogP contribution in [0, 0.1) is 0 Å². The largest absolute Gasteiger partial charge is 0.309 e. The first kappa shape index (κ1) is 27.2. The summed E-state index contributed by atoms with van der Waals surface area (Å²) < 4.78 is 0. The molecule has 0 N–H and O–H groups in total. The summed E-state index contributed by atoms with van der Waals surface area (Å²) in [6.45, 7) is 0. The van der Waals surface area contributed by atoms with Gasteiger partial charge in [0.1, 0.15) is 0 Å². The molecule has 0 saturated heterocycles. The van der Waals surface area contributed by atoms with E-state index < -0.39 is 0 Å². The van der Waals surface area contributed by atoms with Gasteiger partial charge in [-0.2, -0.15) is 0 Å². The standard InChI is InChI=1S/C46H31N/c1-2-18-34(19-3-1)47(45-28-14-12-26-41(45)43-30-32-16-4-6-20-35(32)37-22-8-10-24-39(37)43)46-29-15-13-27-42(46)44-31-33-17-5-7-21-36(33)38-23-9-11-25-40(38)44/h1-31H. The normalized spacial score (nSPS) is 11.4. The van der Waals surface area contributed by atoms with Crippen molar-refractivity contribution in [1.82, 2.24) is 0 Å². The Labute approximate surface area is 274 Å². The van der Waals surface area contributed by atoms with Crippen LogP contribution in [0.5, 0.6) is 0 Å². The molecule has 0 spiro atoms. The Morgan fingerprint density at radius 2 is 0.617 bits per heavy atom. The molecule has 0 fully saturated rings. The van der Waals surface area contributed by atoms with Crippen LogP contribution in [0.2, 0.25) is 0 Å². The first-order valence-electron chi connectivity index (χ1n) is 16.2. The van der Waals surface area contributed by atoms with E-state index >= 15 is 0 Å². The third kappa shape index (κ3) is 4.56. The Bertz CT molecular complexity index is 2420. The topological polar surface area (TPSA) is 3.24 Å². The monoisotopic (exact) mass is 597 g/mol. The van der Waals surface area contributed by atoms with Crippen molar-refractivity contribution in [3.63, 3.8) is 0 Å². The fraction of sp³-hybridized carbons (Fsp3) is 0. The summed E-state index contributed by atoms with van der Waals surface area (Å²) in [6.07, 6.45) is 0. The summed E-state index contributed by atoms with van der Waals surface area (Å²) in [5.41, 5.74) is 8.22. The van der Waals surface area contributed by atoms with Crippen LogP contribution < -0.4 is 4.90 Å². The SMILES string of the molecule is c1ccc(N(c2ccccc2-c2cc3ccccc3c3ccccc23)c2ccccc2-c2cc3ccccc3c3ccccc23)cc1. The smallest absolute Gasteiger partial charge is 0.0540 e. The fourth-order valence-electron chi connectivity index (χ4n) is 7.33. The first-order chi connectivity index (χ1) is 23.3. The first-order valence-corrected chi connectivity index (χ1v) is 16.2. The summed E-state index contributed by atoms with van der Waals surface area (Å²) in [6, 6.07) is 68.3. The molecule has 0 heterocycles. The zero-order valence-electron chi connectivity index (χ0n) is 25.8. The molecule has 220 valence electrons. The summed E-state index contributed by atoms with van der Waals surface area (Å²) >= 11 is 0. The molecule has 1 heteroatoms. The predicted molar refractivity (Wildman–Crippen MR) is 202 cm³/mol. The fourth-order valence-corrected chi connectivity index (χ4v) is 7.33. The Morgan fingerprint density at radius 3 is 1.11 bits per heavy atom. The maximum Gasteiger partial charge on any atom is 0.0540 e. The highest BCUT2D eigenvalue weighted by atomic mass is 15.1. The molecular weight excluding hydrogens is 567 g/mol. The molecule has 0 aliphatic rings. The number of para-hydroxylation sites is 3. The van der Waals surface area contributed by atoms with Crippen molar-refractivity contribution < 1.29 is 0 Å². The second-order valence-electron chi connectivity index (χ2n) is 12.1. The Hall–Kier alpha value is -6.18. The maximum absolute atomic E-state index is 2.44. The lowest BCUT2D eigenvalue weighted by atomic mass is 9.90. The van der Waals surface area contributed by atoms with E-state index in [-0.39, 0.29) is 0 Å². The molecule has 9 aromatic carbocycles. The Kier molecular flexibility index (Phi) is 6.54. The molecule has 0 aliphatic carbocycles. The highest BCUT2D eigenvalue weighted by Gasteiger charge is 2.22. The van der Waals surface area contributed by atoms with Crippen LogP contribution in [-0.4, -0.2) is 0 Å². The molecule has 47 heavy (non-hydrogen) atoms. The quantitative estimate of drug-likeness (QED) is 0.178. The predicted octanol–water partition coefficient (Wildman–Crippen LogP) is 13.1. The molecule has 0 amide bonds. The van der Waals surface area contributed by atoms with Gasteiger partial charge in [0.15, 0.2) is 0 Å². The molecular formula is C46H31N. The number of hydrogen-bond acceptors (Lipinski definition) is 1. The number of fused-ring (bicyclic) bond motifs is 6. The molecule has 0 saturated carbocycles. The van der Waals surface area contributed by atoms with Crippen LogP contribution in [0.15, 0.2) is 188 Å². The van der Waals surface area contributed by atoms with Crippen LogP contribution in [0.3, 0.4) is 0 Å². The van der Waals surface area contributed by atoms with Crippen molar-refractivity contribution >= 4 is 60.2 Å². The minimum absolute atomic E-state index is 1.11. The molecule has 0 unspecified atom stereocenters. The number of hydrogen-bond donors (Lipinski definition) is 0. The summed E-state index contributed by atoms with van der Waals surface area (Å²) in [4.78, 5) is 2.44. The Balaban J connectivity index is 1.35. The van der Waals surface area contributed by atoms with E-state index in [4.69, 9.17) is 0 Å². The molecule has 0 bridgehead atoms. The van der Waals surface area contributed by atoms with E-state index in [1.54, 1.807) is 0 Å². The summed E-state index contributed by atoms with van der Waals surface area (Å²) in [5, 5.41) is 10.1. The summed E-state index contributed by atoms with van der Waals surface area (Å²) in [5.74, 6) is 0. The van der Waals surface area contributed by atoms with Gasteiger partial charge in [0.05, 0.1) is 11.4 Å². The number of anilines is 3. The Morgan fingerprint density at radius 1 is 0.255 bits per heavy atom. The van der Waals surface area contributed by atoms with Gasteiger partial charge in [-0.1, -0.05) is 152 Å². The van der Waals surface area contributed by atoms with Gasteiger partial charge in [0.25, 0.3) is 0 Å². The average molecular weight is 598 g/mol. The van der Waals surface area contributed by atoms with Crippen LogP contribution in [0.4, 0.5) is 17.1 Å². The van der Waals surface area contributed by atoms with Gasteiger partial charge in [0, 0.05) is 16.8 Å². The number of benzene rings is 9. The van der Waals surface area contributed by atoms with Crippen molar-refractivity contribution in [3.8, 4) is 22.3 Å². The van der Waals surface area contributed by atoms with E-state index in [1.807, 2.05) is 0 Å². The second kappa shape index (κ2) is 11.3. The molecule has 0 radical (unpaired) electrons. The number of nitrogens with zero attached hydrogens (tertiary/aromatic N) is 1. The molecule has 0 atom stereocenters. The zero-order chi connectivity index (χ0) is 31.2. The van der Waals surface area contributed by atoms with Gasteiger partial charge in [-0.15, -0.1) is 0 Å². The van der Waals surface area contributed by atoms with Gasteiger partial charge in [0.2, 0.25) is 0 Å². The molecule has 9 aromatic rings. The summed E-state index contributed by atoms with van der Waals surface area (Å²) in [7, 11) is 0. The van der Waals surface area contributed by atoms with Gasteiger partial charge < -0.3 is 4.90 Å². The van der Waals surface area contributed by atoms with Gasteiger partial charge >= 0.3 is 0 Å². The van der Waals surface area contributed by atoms with E-state index in [1.165, 1.54) is 65.3 Å². The lowest BCUT2D eigenvalue weighted by Crippen LogP contribution is -2.12. The lowest BCUT2D eigenvalue weighted by Gasteiger charge is -2.30. The van der Waals surface area contributed by atoms with Crippen LogP contribution in [0.1, 0.15) is 0 Å². The lowest BCUT2D eigenvalue weighted by molar-refractivity contribution is 1.29. The minimum Gasteiger partial charge on any atom is -0.309 e. The van der Waals surface area contributed by atoms with E-state index in [2.05, 4.69) is 193 Å². The minimum atomic E-state index is 1.11. The zero-order valence-corrected chi connectivity index (χ0v) is 25.8. The molecule has 0 aromatic heterocycles. The van der Waals surface area contributed by atoms with Crippen LogP contribution in [0.25, 0.3) is 65.3 Å². The van der Waals surface area contributed by atoms with Crippen molar-refractivity contribution in [2.24, 2.45) is 0 Å². The van der Waals surface area contributed by atoms with Crippen molar-refractivity contribution in [2.45, 2.75) is 0 Å².